The highest BCUT2D eigenvalue weighted by molar-refractivity contribution is 7.91. The molecule has 0 aliphatic heterocycles. The summed E-state index contributed by atoms with van der Waals surface area (Å²) in [6.45, 7) is 0. The lowest BCUT2D eigenvalue weighted by molar-refractivity contribution is -0.136. The minimum atomic E-state index is -3.51. The highest BCUT2D eigenvalue weighted by Gasteiger charge is 2.43. The molecule has 0 radical (unpaired) electrons. The van der Waals surface area contributed by atoms with Crippen LogP contribution < -0.4 is 4.72 Å². The van der Waals surface area contributed by atoms with Gasteiger partial charge in [0.05, 0.1) is 6.42 Å². The molecular formula is C13H17NO4S2. The summed E-state index contributed by atoms with van der Waals surface area (Å²) in [6.07, 6.45) is 4.31. The molecule has 7 heteroatoms. The lowest BCUT2D eigenvalue weighted by Gasteiger charge is -2.16. The first-order chi connectivity index (χ1) is 9.45. The largest absolute Gasteiger partial charge is 0.481 e. The Balaban J connectivity index is 1.73. The fourth-order valence-electron chi connectivity index (χ4n) is 2.47. The van der Waals surface area contributed by atoms with Crippen LogP contribution in [-0.4, -0.2) is 25.5 Å². The van der Waals surface area contributed by atoms with Crippen LogP contribution in [0.1, 0.15) is 30.6 Å². The minimum absolute atomic E-state index is 0.0741. The highest BCUT2D eigenvalue weighted by Crippen LogP contribution is 2.45. The number of hydrogen-bond acceptors (Lipinski definition) is 4. The van der Waals surface area contributed by atoms with E-state index in [-0.39, 0.29) is 16.7 Å². The second-order valence-electron chi connectivity index (χ2n) is 5.61. The Hall–Kier alpha value is -0.920. The third kappa shape index (κ3) is 3.21. The lowest BCUT2D eigenvalue weighted by Crippen LogP contribution is -2.37. The number of carboxylic acids is 1. The average Bonchev–Trinajstić information content (AvgIpc) is 3.25. The predicted octanol–water partition coefficient (Wildman–Crippen LogP) is 1.84. The molecule has 3 rings (SSSR count). The van der Waals surface area contributed by atoms with Gasteiger partial charge in [0.15, 0.2) is 0 Å². The van der Waals surface area contributed by atoms with E-state index in [0.717, 1.165) is 37.0 Å². The van der Waals surface area contributed by atoms with Gasteiger partial charge in [-0.1, -0.05) is 0 Å². The van der Waals surface area contributed by atoms with Crippen molar-refractivity contribution >= 4 is 27.3 Å². The topological polar surface area (TPSA) is 83.5 Å². The number of sulfonamides is 1. The Morgan fingerprint density at radius 1 is 1.30 bits per heavy atom. The number of aliphatic carboxylic acids is 1. The third-order valence-electron chi connectivity index (χ3n) is 3.78. The van der Waals surface area contributed by atoms with Gasteiger partial charge in [0.2, 0.25) is 10.0 Å². The smallest absolute Gasteiger partial charge is 0.308 e. The summed E-state index contributed by atoms with van der Waals surface area (Å²) in [4.78, 5) is 11.2. The molecule has 0 atom stereocenters. The summed E-state index contributed by atoms with van der Waals surface area (Å²) in [5, 5.41) is 8.73. The molecule has 0 unspecified atom stereocenters. The maximum absolute atomic E-state index is 12.4. The van der Waals surface area contributed by atoms with E-state index in [4.69, 9.17) is 5.11 Å². The first-order valence-corrected chi connectivity index (χ1v) is 9.08. The summed E-state index contributed by atoms with van der Waals surface area (Å²) in [5.74, 6) is 0.0454. The van der Waals surface area contributed by atoms with Gasteiger partial charge in [0, 0.05) is 10.9 Å². The summed E-state index contributed by atoms with van der Waals surface area (Å²) >= 11 is 1.04. The summed E-state index contributed by atoms with van der Waals surface area (Å²) in [6, 6.07) is 3.16. The first-order valence-electron chi connectivity index (χ1n) is 6.78. The summed E-state index contributed by atoms with van der Waals surface area (Å²) < 4.78 is 27.8. The number of nitrogens with one attached hydrogen (secondary N) is 1. The molecule has 0 aromatic carbocycles. The fourth-order valence-corrected chi connectivity index (χ4v) is 5.21. The van der Waals surface area contributed by atoms with E-state index in [2.05, 4.69) is 4.72 Å². The van der Waals surface area contributed by atoms with Gasteiger partial charge in [-0.25, -0.2) is 13.1 Å². The third-order valence-corrected chi connectivity index (χ3v) is 6.81. The maximum atomic E-state index is 12.4. The quantitative estimate of drug-likeness (QED) is 0.804. The van der Waals surface area contributed by atoms with Gasteiger partial charge in [0.25, 0.3) is 0 Å². The van der Waals surface area contributed by atoms with Crippen LogP contribution >= 0.6 is 11.3 Å². The molecule has 1 aromatic rings. The van der Waals surface area contributed by atoms with Crippen molar-refractivity contribution in [2.45, 2.75) is 42.4 Å². The van der Waals surface area contributed by atoms with Crippen molar-refractivity contribution in [3.05, 3.63) is 17.0 Å². The van der Waals surface area contributed by atoms with E-state index in [0.29, 0.717) is 16.7 Å². The predicted molar refractivity (Wildman–Crippen MR) is 75.2 cm³/mol. The van der Waals surface area contributed by atoms with E-state index in [1.807, 2.05) is 0 Å². The van der Waals surface area contributed by atoms with Crippen molar-refractivity contribution in [1.29, 1.82) is 0 Å². The molecule has 2 saturated carbocycles. The first kappa shape index (κ1) is 14.0. The van der Waals surface area contributed by atoms with Gasteiger partial charge in [-0.3, -0.25) is 4.79 Å². The van der Waals surface area contributed by atoms with E-state index in [9.17, 15) is 13.2 Å². The minimum Gasteiger partial charge on any atom is -0.481 e. The van der Waals surface area contributed by atoms with Crippen LogP contribution in [-0.2, 0) is 21.2 Å². The van der Waals surface area contributed by atoms with Crippen LogP contribution in [0.5, 0.6) is 0 Å². The Bertz CT molecular complexity index is 602. The van der Waals surface area contributed by atoms with Crippen LogP contribution in [0.2, 0.25) is 0 Å². The second-order valence-corrected chi connectivity index (χ2v) is 8.72. The van der Waals surface area contributed by atoms with Crippen LogP contribution in [0.3, 0.4) is 0 Å². The Kier molecular flexibility index (Phi) is 3.60. The van der Waals surface area contributed by atoms with Gasteiger partial charge < -0.3 is 5.11 Å². The van der Waals surface area contributed by atoms with Crippen molar-refractivity contribution in [2.24, 2.45) is 11.8 Å². The monoisotopic (exact) mass is 315 g/mol. The molecule has 2 fully saturated rings. The standard InChI is InChI=1S/C13H17NO4S2/c15-11(16)7-10-5-6-12(19-10)20(17,18)14-13(8-1-2-8)9-3-4-9/h5-6,8-9,13-14H,1-4,7H2,(H,15,16). The normalized spacial score (nSPS) is 19.4. The lowest BCUT2D eigenvalue weighted by atomic mass is 10.1. The van der Waals surface area contributed by atoms with Crippen molar-refractivity contribution in [3.63, 3.8) is 0 Å². The summed E-state index contributed by atoms with van der Waals surface area (Å²) in [5.41, 5.74) is 0. The van der Waals surface area contributed by atoms with Crippen molar-refractivity contribution in [3.8, 4) is 0 Å². The van der Waals surface area contributed by atoms with Crippen molar-refractivity contribution in [1.82, 2.24) is 4.72 Å². The molecule has 0 saturated heterocycles. The number of carbonyl (C=O) groups is 1. The van der Waals surface area contributed by atoms with Crippen molar-refractivity contribution in [2.75, 3.05) is 0 Å². The highest BCUT2D eigenvalue weighted by atomic mass is 32.2. The van der Waals surface area contributed by atoms with Gasteiger partial charge >= 0.3 is 5.97 Å². The molecule has 0 bridgehead atoms. The van der Waals surface area contributed by atoms with Crippen LogP contribution in [0, 0.1) is 11.8 Å². The van der Waals surface area contributed by atoms with E-state index < -0.39 is 16.0 Å². The van der Waals surface area contributed by atoms with Gasteiger partial charge in [-0.15, -0.1) is 11.3 Å². The van der Waals surface area contributed by atoms with Crippen molar-refractivity contribution < 1.29 is 18.3 Å². The van der Waals surface area contributed by atoms with Gasteiger partial charge in [0.1, 0.15) is 4.21 Å². The fraction of sp³-hybridized carbons (Fsp3) is 0.615. The Morgan fingerprint density at radius 2 is 1.90 bits per heavy atom. The van der Waals surface area contributed by atoms with Crippen LogP contribution in [0.4, 0.5) is 0 Å². The van der Waals surface area contributed by atoms with E-state index in [1.165, 1.54) is 6.07 Å². The molecule has 1 heterocycles. The zero-order chi connectivity index (χ0) is 14.3. The molecular weight excluding hydrogens is 298 g/mol. The molecule has 1 aromatic heterocycles. The molecule has 2 aliphatic carbocycles. The maximum Gasteiger partial charge on any atom is 0.308 e. The van der Waals surface area contributed by atoms with Gasteiger partial charge in [-0.2, -0.15) is 0 Å². The molecule has 2 aliphatic rings. The molecule has 0 amide bonds. The Labute approximate surface area is 122 Å². The second kappa shape index (κ2) is 5.13. The molecule has 20 heavy (non-hydrogen) atoms. The number of rotatable bonds is 7. The number of thiophene rings is 1. The molecule has 0 spiro atoms. The number of carboxylic acid groups (broad SMARTS) is 1. The van der Waals surface area contributed by atoms with E-state index in [1.54, 1.807) is 6.07 Å². The van der Waals surface area contributed by atoms with Crippen LogP contribution in [0.15, 0.2) is 16.3 Å². The average molecular weight is 315 g/mol. The Morgan fingerprint density at radius 3 is 2.40 bits per heavy atom. The molecule has 2 N–H and O–H groups in total. The SMILES string of the molecule is O=C(O)Cc1ccc(S(=O)(=O)NC(C2CC2)C2CC2)s1. The van der Waals surface area contributed by atoms with Gasteiger partial charge in [-0.05, 0) is 49.7 Å². The molecule has 5 nitrogen and oxygen atoms in total. The zero-order valence-corrected chi connectivity index (χ0v) is 12.5. The number of hydrogen-bond donors (Lipinski definition) is 2. The summed E-state index contributed by atoms with van der Waals surface area (Å²) in [7, 11) is -3.51. The van der Waals surface area contributed by atoms with E-state index >= 15 is 0 Å². The van der Waals surface area contributed by atoms with Crippen LogP contribution in [0.25, 0.3) is 0 Å². The molecule has 110 valence electrons. The zero-order valence-electron chi connectivity index (χ0n) is 10.9.